The third kappa shape index (κ3) is 2.50. The van der Waals surface area contributed by atoms with Crippen LogP contribution in [0.25, 0.3) is 0 Å². The second kappa shape index (κ2) is 4.66. The van der Waals surface area contributed by atoms with Gasteiger partial charge in [0.2, 0.25) is 0 Å². The predicted molar refractivity (Wildman–Crippen MR) is 60.5 cm³/mol. The normalized spacial score (nSPS) is 17.6. The lowest BCUT2D eigenvalue weighted by Gasteiger charge is -2.21. The summed E-state index contributed by atoms with van der Waals surface area (Å²) in [5.74, 6) is 2.01. The Hall–Kier alpha value is -1.03. The van der Waals surface area contributed by atoms with E-state index in [0.29, 0.717) is 5.92 Å². The molecule has 0 aliphatic carbocycles. The van der Waals surface area contributed by atoms with Crippen LogP contribution in [0.3, 0.4) is 0 Å². The van der Waals surface area contributed by atoms with Crippen molar-refractivity contribution in [1.82, 2.24) is 4.98 Å². The number of carboxylic acid groups (broad SMARTS) is 1. The summed E-state index contributed by atoms with van der Waals surface area (Å²) in [6, 6.07) is 3.50. The average molecular weight is 223 g/mol. The first kappa shape index (κ1) is 10.5. The number of carbonyl (C=O) groups is 1. The topological polar surface area (TPSA) is 50.2 Å². The van der Waals surface area contributed by atoms with Gasteiger partial charge in [-0.15, -0.1) is 0 Å². The van der Waals surface area contributed by atoms with Gasteiger partial charge < -0.3 is 5.11 Å². The number of pyridine rings is 1. The van der Waals surface area contributed by atoms with Crippen molar-refractivity contribution in [2.24, 2.45) is 0 Å². The quantitative estimate of drug-likeness (QED) is 0.836. The van der Waals surface area contributed by atoms with Crippen molar-refractivity contribution in [3.8, 4) is 0 Å². The molecule has 1 N–H and O–H groups in total. The van der Waals surface area contributed by atoms with Gasteiger partial charge in [0, 0.05) is 6.20 Å². The highest BCUT2D eigenvalue weighted by Gasteiger charge is 2.16. The summed E-state index contributed by atoms with van der Waals surface area (Å²) in [5.41, 5.74) is 1.31. The maximum Gasteiger partial charge on any atom is 0.354 e. The molecule has 0 unspecified atom stereocenters. The van der Waals surface area contributed by atoms with Crippen LogP contribution in [0.4, 0.5) is 0 Å². The lowest BCUT2D eigenvalue weighted by molar-refractivity contribution is 0.0690. The standard InChI is InChI=1S/C11H13NO2S/c13-11(14)10-2-1-9(7-12-10)8-3-5-15-6-4-8/h1-2,7-8H,3-6H2,(H,13,14). The van der Waals surface area contributed by atoms with E-state index in [-0.39, 0.29) is 5.69 Å². The van der Waals surface area contributed by atoms with Crippen LogP contribution in [0.1, 0.15) is 34.8 Å². The van der Waals surface area contributed by atoms with Gasteiger partial charge in [-0.25, -0.2) is 9.78 Å². The van der Waals surface area contributed by atoms with Crippen LogP contribution in [0.15, 0.2) is 18.3 Å². The van der Waals surface area contributed by atoms with Gasteiger partial charge in [-0.2, -0.15) is 11.8 Å². The molecule has 0 radical (unpaired) electrons. The number of aromatic nitrogens is 1. The van der Waals surface area contributed by atoms with Gasteiger partial charge in [-0.3, -0.25) is 0 Å². The summed E-state index contributed by atoms with van der Waals surface area (Å²) >= 11 is 1.99. The van der Waals surface area contributed by atoms with Crippen LogP contribution in [0.2, 0.25) is 0 Å². The summed E-state index contributed by atoms with van der Waals surface area (Å²) in [7, 11) is 0. The molecule has 0 amide bonds. The minimum atomic E-state index is -0.958. The number of hydrogen-bond donors (Lipinski definition) is 1. The first-order valence-electron chi connectivity index (χ1n) is 5.04. The molecular formula is C11H13NO2S. The van der Waals surface area contributed by atoms with Gasteiger partial charge >= 0.3 is 5.97 Å². The molecule has 1 aromatic rings. The monoisotopic (exact) mass is 223 g/mol. The second-order valence-corrected chi connectivity index (χ2v) is 4.89. The Morgan fingerprint density at radius 3 is 2.67 bits per heavy atom. The molecule has 1 saturated heterocycles. The van der Waals surface area contributed by atoms with E-state index in [1.807, 2.05) is 17.8 Å². The van der Waals surface area contributed by atoms with Gasteiger partial charge in [-0.05, 0) is 41.9 Å². The first-order chi connectivity index (χ1) is 7.27. The molecule has 1 aliphatic rings. The molecule has 1 fully saturated rings. The van der Waals surface area contributed by atoms with Crippen LogP contribution in [0.5, 0.6) is 0 Å². The molecule has 0 saturated carbocycles. The third-order valence-electron chi connectivity index (χ3n) is 2.70. The smallest absolute Gasteiger partial charge is 0.354 e. The largest absolute Gasteiger partial charge is 0.477 e. The van der Waals surface area contributed by atoms with Crippen molar-refractivity contribution in [2.75, 3.05) is 11.5 Å². The van der Waals surface area contributed by atoms with Gasteiger partial charge in [0.1, 0.15) is 5.69 Å². The van der Waals surface area contributed by atoms with E-state index >= 15 is 0 Å². The summed E-state index contributed by atoms with van der Waals surface area (Å²) in [5, 5.41) is 8.72. The van der Waals surface area contributed by atoms with Crippen molar-refractivity contribution >= 4 is 17.7 Å². The number of aromatic carboxylic acids is 1. The number of thioether (sulfide) groups is 1. The molecule has 15 heavy (non-hydrogen) atoms. The second-order valence-electron chi connectivity index (χ2n) is 3.67. The van der Waals surface area contributed by atoms with Crippen molar-refractivity contribution in [2.45, 2.75) is 18.8 Å². The molecular weight excluding hydrogens is 210 g/mol. The van der Waals surface area contributed by atoms with E-state index < -0.39 is 5.97 Å². The lowest BCUT2D eigenvalue weighted by atomic mass is 9.95. The van der Waals surface area contributed by atoms with Crippen molar-refractivity contribution in [1.29, 1.82) is 0 Å². The fraction of sp³-hybridized carbons (Fsp3) is 0.455. The molecule has 3 nitrogen and oxygen atoms in total. The SMILES string of the molecule is O=C(O)c1ccc(C2CCSCC2)cn1. The highest BCUT2D eigenvalue weighted by Crippen LogP contribution is 2.30. The highest BCUT2D eigenvalue weighted by molar-refractivity contribution is 7.99. The number of hydrogen-bond acceptors (Lipinski definition) is 3. The summed E-state index contributed by atoms with van der Waals surface area (Å²) in [4.78, 5) is 14.6. The number of carboxylic acids is 1. The van der Waals surface area contributed by atoms with Gasteiger partial charge in [0.05, 0.1) is 0 Å². The first-order valence-corrected chi connectivity index (χ1v) is 6.20. The Kier molecular flexibility index (Phi) is 3.26. The van der Waals surface area contributed by atoms with E-state index in [4.69, 9.17) is 5.11 Å². The Balaban J connectivity index is 2.11. The maximum absolute atomic E-state index is 10.6. The molecule has 1 aliphatic heterocycles. The Morgan fingerprint density at radius 1 is 1.40 bits per heavy atom. The molecule has 0 bridgehead atoms. The van der Waals surface area contributed by atoms with Crippen LogP contribution in [-0.2, 0) is 0 Å². The van der Waals surface area contributed by atoms with Gasteiger partial charge in [-0.1, -0.05) is 6.07 Å². The van der Waals surface area contributed by atoms with E-state index in [9.17, 15) is 4.79 Å². The van der Waals surface area contributed by atoms with E-state index in [0.717, 1.165) is 0 Å². The van der Waals surface area contributed by atoms with Gasteiger partial charge in [0.15, 0.2) is 0 Å². The van der Waals surface area contributed by atoms with Crippen LogP contribution in [0, 0.1) is 0 Å². The molecule has 80 valence electrons. The number of rotatable bonds is 2. The number of nitrogens with zero attached hydrogens (tertiary/aromatic N) is 1. The molecule has 2 rings (SSSR count). The zero-order chi connectivity index (χ0) is 10.7. The predicted octanol–water partition coefficient (Wildman–Crippen LogP) is 2.39. The fourth-order valence-electron chi connectivity index (χ4n) is 1.80. The average Bonchev–Trinajstić information content (AvgIpc) is 2.30. The van der Waals surface area contributed by atoms with Crippen LogP contribution < -0.4 is 0 Å². The zero-order valence-corrected chi connectivity index (χ0v) is 9.17. The summed E-state index contributed by atoms with van der Waals surface area (Å²) in [6.07, 6.45) is 4.07. The minimum absolute atomic E-state index is 0.129. The maximum atomic E-state index is 10.6. The molecule has 0 aromatic carbocycles. The highest BCUT2D eigenvalue weighted by atomic mass is 32.2. The summed E-state index contributed by atoms with van der Waals surface area (Å²) in [6.45, 7) is 0. The Morgan fingerprint density at radius 2 is 2.13 bits per heavy atom. The molecule has 0 spiro atoms. The van der Waals surface area contributed by atoms with Crippen molar-refractivity contribution in [3.63, 3.8) is 0 Å². The minimum Gasteiger partial charge on any atom is -0.477 e. The van der Waals surface area contributed by atoms with Crippen molar-refractivity contribution < 1.29 is 9.90 Å². The molecule has 1 aromatic heterocycles. The van der Waals surface area contributed by atoms with E-state index in [1.165, 1.54) is 29.9 Å². The molecule has 4 heteroatoms. The Bertz CT molecular complexity index is 344. The van der Waals surface area contributed by atoms with E-state index in [2.05, 4.69) is 4.98 Å². The third-order valence-corrected chi connectivity index (χ3v) is 3.75. The van der Waals surface area contributed by atoms with Gasteiger partial charge in [0.25, 0.3) is 0 Å². The van der Waals surface area contributed by atoms with Crippen molar-refractivity contribution in [3.05, 3.63) is 29.6 Å². The summed E-state index contributed by atoms with van der Waals surface area (Å²) < 4.78 is 0. The molecule has 0 atom stereocenters. The van der Waals surface area contributed by atoms with E-state index in [1.54, 1.807) is 12.3 Å². The van der Waals surface area contributed by atoms with Crippen LogP contribution >= 0.6 is 11.8 Å². The Labute approximate surface area is 92.9 Å². The van der Waals surface area contributed by atoms with Crippen LogP contribution in [-0.4, -0.2) is 27.6 Å². The fourth-order valence-corrected chi connectivity index (χ4v) is 2.91. The lowest BCUT2D eigenvalue weighted by Crippen LogP contribution is -2.09. The molecule has 2 heterocycles. The zero-order valence-electron chi connectivity index (χ0n) is 8.35.